The van der Waals surface area contributed by atoms with Crippen molar-refractivity contribution in [2.24, 2.45) is 11.7 Å². The molecule has 100 valence electrons. The molecule has 3 N–H and O–H groups in total. The quantitative estimate of drug-likeness (QED) is 0.789. The minimum absolute atomic E-state index is 0.198. The third-order valence-electron chi connectivity index (χ3n) is 2.74. The molecule has 0 heterocycles. The van der Waals surface area contributed by atoms with Crippen LogP contribution in [0.15, 0.2) is 18.2 Å². The lowest BCUT2D eigenvalue weighted by Crippen LogP contribution is -2.31. The van der Waals surface area contributed by atoms with Crippen molar-refractivity contribution in [3.63, 3.8) is 0 Å². The summed E-state index contributed by atoms with van der Waals surface area (Å²) in [5, 5.41) is 4.03. The molecule has 0 aliphatic heterocycles. The van der Waals surface area contributed by atoms with Gasteiger partial charge in [-0.15, -0.1) is 0 Å². The molecule has 0 fully saturated rings. The molecule has 0 spiro atoms. The van der Waals surface area contributed by atoms with Crippen molar-refractivity contribution in [2.75, 3.05) is 19.0 Å². The van der Waals surface area contributed by atoms with Gasteiger partial charge < -0.3 is 15.8 Å². The standard InChI is InChI=1S/C13H19ClN2OS/c1-8(2)12(7-17-3)16-11-5-4-9(14)6-10(11)13(15)18/h4-6,8,12,16H,7H2,1-3H3,(H2,15,18). The molecule has 5 heteroatoms. The Morgan fingerprint density at radius 1 is 1.50 bits per heavy atom. The van der Waals surface area contributed by atoms with Gasteiger partial charge in [-0.3, -0.25) is 0 Å². The molecule has 1 unspecified atom stereocenters. The molecule has 0 aliphatic rings. The predicted octanol–water partition coefficient (Wildman–Crippen LogP) is 3.06. The van der Waals surface area contributed by atoms with Crippen LogP contribution in [-0.2, 0) is 4.74 Å². The summed E-state index contributed by atoms with van der Waals surface area (Å²) in [4.78, 5) is 0.333. The van der Waals surface area contributed by atoms with Gasteiger partial charge in [-0.1, -0.05) is 37.7 Å². The Bertz CT molecular complexity index is 423. The summed E-state index contributed by atoms with van der Waals surface area (Å²) in [7, 11) is 1.69. The van der Waals surface area contributed by atoms with Crippen LogP contribution < -0.4 is 11.1 Å². The number of halogens is 1. The average molecular weight is 287 g/mol. The Kier molecular flexibility index (Phi) is 5.85. The third-order valence-corrected chi connectivity index (χ3v) is 3.19. The number of benzene rings is 1. The lowest BCUT2D eigenvalue weighted by molar-refractivity contribution is 0.171. The fourth-order valence-electron chi connectivity index (χ4n) is 1.63. The molecule has 1 rings (SSSR count). The summed E-state index contributed by atoms with van der Waals surface area (Å²) in [6.07, 6.45) is 0. The van der Waals surface area contributed by atoms with Crippen molar-refractivity contribution in [3.8, 4) is 0 Å². The van der Waals surface area contributed by atoms with Crippen LogP contribution in [0.2, 0.25) is 5.02 Å². The van der Waals surface area contributed by atoms with Crippen molar-refractivity contribution in [2.45, 2.75) is 19.9 Å². The number of nitrogens with two attached hydrogens (primary N) is 1. The molecular formula is C13H19ClN2OS. The van der Waals surface area contributed by atoms with E-state index in [2.05, 4.69) is 19.2 Å². The van der Waals surface area contributed by atoms with Gasteiger partial charge in [0.15, 0.2) is 0 Å². The molecule has 18 heavy (non-hydrogen) atoms. The summed E-state index contributed by atoms with van der Waals surface area (Å²) in [6, 6.07) is 5.68. The van der Waals surface area contributed by atoms with Crippen LogP contribution in [0.5, 0.6) is 0 Å². The predicted molar refractivity (Wildman–Crippen MR) is 81.5 cm³/mol. The molecule has 0 radical (unpaired) electrons. The van der Waals surface area contributed by atoms with E-state index in [9.17, 15) is 0 Å². The number of hydrogen-bond acceptors (Lipinski definition) is 3. The molecule has 0 amide bonds. The van der Waals surface area contributed by atoms with E-state index < -0.39 is 0 Å². The Morgan fingerprint density at radius 2 is 2.17 bits per heavy atom. The minimum Gasteiger partial charge on any atom is -0.389 e. The molecule has 1 atom stereocenters. The van der Waals surface area contributed by atoms with E-state index in [0.29, 0.717) is 22.5 Å². The molecule has 3 nitrogen and oxygen atoms in total. The normalized spacial score (nSPS) is 12.5. The zero-order valence-corrected chi connectivity index (χ0v) is 12.4. The van der Waals surface area contributed by atoms with Crippen LogP contribution in [0.4, 0.5) is 5.69 Å². The van der Waals surface area contributed by atoms with Gasteiger partial charge in [0.05, 0.1) is 12.6 Å². The first-order valence-corrected chi connectivity index (χ1v) is 6.59. The van der Waals surface area contributed by atoms with Crippen LogP contribution in [0.25, 0.3) is 0 Å². The van der Waals surface area contributed by atoms with Crippen molar-refractivity contribution in [1.29, 1.82) is 0 Å². The SMILES string of the molecule is COCC(Nc1ccc(Cl)cc1C(N)=S)C(C)C. The number of ether oxygens (including phenoxy) is 1. The van der Waals surface area contributed by atoms with Crippen LogP contribution in [0.3, 0.4) is 0 Å². The minimum atomic E-state index is 0.198. The van der Waals surface area contributed by atoms with E-state index in [1.165, 1.54) is 0 Å². The van der Waals surface area contributed by atoms with Gasteiger partial charge in [0, 0.05) is 23.4 Å². The van der Waals surface area contributed by atoms with E-state index >= 15 is 0 Å². The summed E-state index contributed by atoms with van der Waals surface area (Å²) >= 11 is 11.0. The Labute approximate surface area is 119 Å². The maximum atomic E-state index is 5.95. The number of rotatable bonds is 6. The van der Waals surface area contributed by atoms with Crippen LogP contribution in [0, 0.1) is 5.92 Å². The first-order valence-electron chi connectivity index (χ1n) is 5.80. The van der Waals surface area contributed by atoms with E-state index in [-0.39, 0.29) is 6.04 Å². The Hall–Kier alpha value is -0.840. The second kappa shape index (κ2) is 6.92. The van der Waals surface area contributed by atoms with Gasteiger partial charge in [0.2, 0.25) is 0 Å². The molecule has 1 aromatic rings. The molecule has 0 saturated carbocycles. The summed E-state index contributed by atoms with van der Waals surface area (Å²) < 4.78 is 5.21. The van der Waals surface area contributed by atoms with E-state index in [1.807, 2.05) is 12.1 Å². The Balaban J connectivity index is 2.98. The third kappa shape index (κ3) is 4.12. The van der Waals surface area contributed by atoms with Gasteiger partial charge >= 0.3 is 0 Å². The highest BCUT2D eigenvalue weighted by Gasteiger charge is 2.15. The van der Waals surface area contributed by atoms with Crippen LogP contribution >= 0.6 is 23.8 Å². The number of thiocarbonyl (C=S) groups is 1. The highest BCUT2D eigenvalue weighted by molar-refractivity contribution is 7.80. The molecule has 0 aromatic heterocycles. The van der Waals surface area contributed by atoms with Gasteiger partial charge in [-0.25, -0.2) is 0 Å². The number of hydrogen-bond donors (Lipinski definition) is 2. The zero-order valence-electron chi connectivity index (χ0n) is 10.9. The van der Waals surface area contributed by atoms with Crippen molar-refractivity contribution >= 4 is 34.5 Å². The fourth-order valence-corrected chi connectivity index (χ4v) is 1.97. The highest BCUT2D eigenvalue weighted by Crippen LogP contribution is 2.22. The van der Waals surface area contributed by atoms with Crippen molar-refractivity contribution < 1.29 is 4.74 Å². The molecule has 0 bridgehead atoms. The first-order chi connectivity index (χ1) is 8.45. The average Bonchev–Trinajstić information content (AvgIpc) is 2.30. The highest BCUT2D eigenvalue weighted by atomic mass is 35.5. The Morgan fingerprint density at radius 3 is 2.67 bits per heavy atom. The number of methoxy groups -OCH3 is 1. The van der Waals surface area contributed by atoms with Crippen LogP contribution in [-0.4, -0.2) is 24.7 Å². The van der Waals surface area contributed by atoms with Crippen molar-refractivity contribution in [3.05, 3.63) is 28.8 Å². The molecule has 0 aliphatic carbocycles. The lowest BCUT2D eigenvalue weighted by Gasteiger charge is -2.24. The number of anilines is 1. The topological polar surface area (TPSA) is 47.3 Å². The monoisotopic (exact) mass is 286 g/mol. The molecule has 1 aromatic carbocycles. The maximum Gasteiger partial charge on any atom is 0.106 e. The van der Waals surface area contributed by atoms with E-state index in [1.54, 1.807) is 13.2 Å². The van der Waals surface area contributed by atoms with Gasteiger partial charge in [-0.05, 0) is 24.1 Å². The molecular weight excluding hydrogens is 268 g/mol. The summed E-state index contributed by atoms with van der Waals surface area (Å²) in [5.41, 5.74) is 7.37. The van der Waals surface area contributed by atoms with Crippen LogP contribution in [0.1, 0.15) is 19.4 Å². The summed E-state index contributed by atoms with van der Waals surface area (Å²) in [6.45, 7) is 4.89. The summed E-state index contributed by atoms with van der Waals surface area (Å²) in [5.74, 6) is 0.430. The number of nitrogens with one attached hydrogen (secondary N) is 1. The second-order valence-corrected chi connectivity index (χ2v) is 5.38. The van der Waals surface area contributed by atoms with Gasteiger partial charge in [0.25, 0.3) is 0 Å². The lowest BCUT2D eigenvalue weighted by atomic mass is 10.0. The van der Waals surface area contributed by atoms with E-state index in [4.69, 9.17) is 34.3 Å². The second-order valence-electron chi connectivity index (χ2n) is 4.50. The first kappa shape index (κ1) is 15.2. The fraction of sp³-hybridized carbons (Fsp3) is 0.462. The van der Waals surface area contributed by atoms with Crippen molar-refractivity contribution in [1.82, 2.24) is 0 Å². The van der Waals surface area contributed by atoms with Gasteiger partial charge in [0.1, 0.15) is 4.99 Å². The zero-order chi connectivity index (χ0) is 13.7. The molecule has 0 saturated heterocycles. The largest absolute Gasteiger partial charge is 0.389 e. The van der Waals surface area contributed by atoms with Gasteiger partial charge in [-0.2, -0.15) is 0 Å². The maximum absolute atomic E-state index is 5.95. The van der Waals surface area contributed by atoms with E-state index in [0.717, 1.165) is 11.3 Å². The smallest absolute Gasteiger partial charge is 0.106 e.